The maximum absolute atomic E-state index is 12.2. The van der Waals surface area contributed by atoms with Gasteiger partial charge in [0.05, 0.1) is 10.8 Å². The molecule has 0 unspecified atom stereocenters. The minimum Gasteiger partial charge on any atom is -0.399 e. The Bertz CT molecular complexity index is 493. The van der Waals surface area contributed by atoms with Crippen LogP contribution in [0, 0.1) is 0 Å². The van der Waals surface area contributed by atoms with Gasteiger partial charge < -0.3 is 11.5 Å². The average molecular weight is 232 g/mol. The number of anilines is 2. The van der Waals surface area contributed by atoms with Gasteiger partial charge in [0, 0.05) is 21.2 Å². The molecule has 0 atom stereocenters. The quantitative estimate of drug-likeness (QED) is 0.778. The molecule has 0 spiro atoms. The topological polar surface area (TPSA) is 69.1 Å². The molecule has 0 bridgehead atoms. The Hall–Kier alpha value is -1.81. The first-order valence-electron chi connectivity index (χ1n) is 4.79. The third kappa shape index (κ3) is 2.23. The van der Waals surface area contributed by atoms with Gasteiger partial charge in [-0.15, -0.1) is 0 Å². The number of rotatable bonds is 2. The highest BCUT2D eigenvalue weighted by Gasteiger charge is 2.07. The highest BCUT2D eigenvalue weighted by atomic mass is 32.2. The molecule has 0 saturated heterocycles. The van der Waals surface area contributed by atoms with Gasteiger partial charge in [-0.25, -0.2) is 4.21 Å². The third-order valence-corrected chi connectivity index (χ3v) is 3.51. The molecule has 2 rings (SSSR count). The van der Waals surface area contributed by atoms with Gasteiger partial charge in [0.2, 0.25) is 0 Å². The highest BCUT2D eigenvalue weighted by Crippen LogP contribution is 2.19. The summed E-state index contributed by atoms with van der Waals surface area (Å²) >= 11 is 0. The maximum Gasteiger partial charge on any atom is 0.0851 e. The second-order valence-corrected chi connectivity index (χ2v) is 4.89. The lowest BCUT2D eigenvalue weighted by molar-refractivity contribution is 0.683. The molecule has 0 heterocycles. The summed E-state index contributed by atoms with van der Waals surface area (Å²) in [6.07, 6.45) is 0. The predicted molar refractivity (Wildman–Crippen MR) is 66.4 cm³/mol. The molecule has 3 nitrogen and oxygen atoms in total. The molecule has 0 radical (unpaired) electrons. The molecule has 0 fully saturated rings. The van der Waals surface area contributed by atoms with Crippen LogP contribution in [0.25, 0.3) is 0 Å². The Morgan fingerprint density at radius 1 is 0.812 bits per heavy atom. The van der Waals surface area contributed by atoms with Crippen LogP contribution in [0.3, 0.4) is 0 Å². The summed E-state index contributed by atoms with van der Waals surface area (Å²) in [7, 11) is -1.23. The van der Waals surface area contributed by atoms with E-state index in [1.165, 1.54) is 0 Å². The van der Waals surface area contributed by atoms with Crippen molar-refractivity contribution < 1.29 is 4.21 Å². The second kappa shape index (κ2) is 4.37. The first-order chi connectivity index (χ1) is 7.66. The van der Waals surface area contributed by atoms with Gasteiger partial charge >= 0.3 is 0 Å². The Labute approximate surface area is 96.5 Å². The first kappa shape index (κ1) is 10.7. The normalized spacial score (nSPS) is 10.6. The van der Waals surface area contributed by atoms with Crippen molar-refractivity contribution in [1.29, 1.82) is 0 Å². The Morgan fingerprint density at radius 3 is 1.62 bits per heavy atom. The standard InChI is InChI=1S/C12H12N2OS/c13-9-3-1-5-11(7-9)16(15)12-6-2-4-10(14)8-12/h1-8H,13-14H2. The second-order valence-electron chi connectivity index (χ2n) is 3.41. The molecule has 2 aromatic rings. The van der Waals surface area contributed by atoms with Crippen LogP contribution >= 0.6 is 0 Å². The van der Waals surface area contributed by atoms with E-state index in [-0.39, 0.29) is 0 Å². The van der Waals surface area contributed by atoms with Crippen molar-refractivity contribution in [3.63, 3.8) is 0 Å². The van der Waals surface area contributed by atoms with E-state index in [0.717, 1.165) is 0 Å². The van der Waals surface area contributed by atoms with Crippen LogP contribution in [-0.4, -0.2) is 4.21 Å². The summed E-state index contributed by atoms with van der Waals surface area (Å²) in [4.78, 5) is 1.37. The van der Waals surface area contributed by atoms with E-state index in [2.05, 4.69) is 0 Å². The third-order valence-electron chi connectivity index (χ3n) is 2.14. The fourth-order valence-corrected chi connectivity index (χ4v) is 2.56. The van der Waals surface area contributed by atoms with Crippen LogP contribution in [0.5, 0.6) is 0 Å². The average Bonchev–Trinajstić information content (AvgIpc) is 2.28. The zero-order valence-electron chi connectivity index (χ0n) is 8.59. The smallest absolute Gasteiger partial charge is 0.0851 e. The van der Waals surface area contributed by atoms with Gasteiger partial charge in [-0.3, -0.25) is 0 Å². The van der Waals surface area contributed by atoms with Crippen molar-refractivity contribution >= 4 is 22.2 Å². The molecule has 0 amide bonds. The van der Waals surface area contributed by atoms with Gasteiger partial charge in [-0.1, -0.05) is 12.1 Å². The largest absolute Gasteiger partial charge is 0.399 e. The Balaban J connectivity index is 2.39. The number of hydrogen-bond acceptors (Lipinski definition) is 3. The zero-order valence-corrected chi connectivity index (χ0v) is 9.41. The molecular formula is C12H12N2OS. The van der Waals surface area contributed by atoms with Crippen LogP contribution in [0.1, 0.15) is 0 Å². The van der Waals surface area contributed by atoms with Crippen molar-refractivity contribution in [3.05, 3.63) is 48.5 Å². The lowest BCUT2D eigenvalue weighted by Crippen LogP contribution is -1.95. The molecule has 0 aromatic heterocycles. The number of hydrogen-bond donors (Lipinski definition) is 2. The predicted octanol–water partition coefficient (Wildman–Crippen LogP) is 2.02. The first-order valence-corrected chi connectivity index (χ1v) is 5.94. The fourth-order valence-electron chi connectivity index (χ4n) is 1.40. The van der Waals surface area contributed by atoms with E-state index >= 15 is 0 Å². The minimum absolute atomic E-state index is 0.606. The molecule has 0 aliphatic heterocycles. The van der Waals surface area contributed by atoms with Crippen molar-refractivity contribution in [2.45, 2.75) is 9.79 Å². The molecule has 82 valence electrons. The van der Waals surface area contributed by atoms with E-state index in [1.807, 2.05) is 0 Å². The fraction of sp³-hybridized carbons (Fsp3) is 0. The van der Waals surface area contributed by atoms with E-state index in [1.54, 1.807) is 48.5 Å². The molecule has 16 heavy (non-hydrogen) atoms. The van der Waals surface area contributed by atoms with E-state index < -0.39 is 10.8 Å². The van der Waals surface area contributed by atoms with Crippen molar-refractivity contribution in [3.8, 4) is 0 Å². The molecule has 0 aliphatic carbocycles. The van der Waals surface area contributed by atoms with E-state index in [4.69, 9.17) is 11.5 Å². The number of nitrogen functional groups attached to an aromatic ring is 2. The SMILES string of the molecule is Nc1cccc(S(=O)c2cccc(N)c2)c1. The molecule has 2 aromatic carbocycles. The molecule has 4 N–H and O–H groups in total. The van der Waals surface area contributed by atoms with Gasteiger partial charge in [-0.2, -0.15) is 0 Å². The van der Waals surface area contributed by atoms with Crippen molar-refractivity contribution in [2.24, 2.45) is 0 Å². The maximum atomic E-state index is 12.2. The van der Waals surface area contributed by atoms with Gasteiger partial charge in [-0.05, 0) is 36.4 Å². The van der Waals surface area contributed by atoms with Gasteiger partial charge in [0.25, 0.3) is 0 Å². The Morgan fingerprint density at radius 2 is 1.25 bits per heavy atom. The lowest BCUT2D eigenvalue weighted by atomic mass is 10.3. The van der Waals surface area contributed by atoms with Crippen LogP contribution in [0.4, 0.5) is 11.4 Å². The van der Waals surface area contributed by atoms with Crippen LogP contribution in [0.2, 0.25) is 0 Å². The molecule has 0 aliphatic rings. The number of benzene rings is 2. The van der Waals surface area contributed by atoms with E-state index in [9.17, 15) is 4.21 Å². The monoisotopic (exact) mass is 232 g/mol. The van der Waals surface area contributed by atoms with Crippen molar-refractivity contribution in [1.82, 2.24) is 0 Å². The molecular weight excluding hydrogens is 220 g/mol. The van der Waals surface area contributed by atoms with Crippen LogP contribution in [0.15, 0.2) is 58.3 Å². The van der Waals surface area contributed by atoms with Gasteiger partial charge in [0.1, 0.15) is 0 Å². The summed E-state index contributed by atoms with van der Waals surface area (Å²) in [6, 6.07) is 14.1. The summed E-state index contributed by atoms with van der Waals surface area (Å²) in [5.41, 5.74) is 12.5. The minimum atomic E-state index is -1.23. The summed E-state index contributed by atoms with van der Waals surface area (Å²) in [5, 5.41) is 0. The lowest BCUT2D eigenvalue weighted by Gasteiger charge is -2.04. The molecule has 4 heteroatoms. The van der Waals surface area contributed by atoms with Crippen molar-refractivity contribution in [2.75, 3.05) is 11.5 Å². The zero-order chi connectivity index (χ0) is 11.5. The summed E-state index contributed by atoms with van der Waals surface area (Å²) in [6.45, 7) is 0. The molecule has 0 saturated carbocycles. The Kier molecular flexibility index (Phi) is 2.92. The van der Waals surface area contributed by atoms with Gasteiger partial charge in [0.15, 0.2) is 0 Å². The summed E-state index contributed by atoms with van der Waals surface area (Å²) in [5.74, 6) is 0. The number of nitrogens with two attached hydrogens (primary N) is 2. The summed E-state index contributed by atoms with van der Waals surface area (Å²) < 4.78 is 12.2. The van der Waals surface area contributed by atoms with Crippen LogP contribution in [-0.2, 0) is 10.8 Å². The van der Waals surface area contributed by atoms with E-state index in [0.29, 0.717) is 21.2 Å². The van der Waals surface area contributed by atoms with Crippen LogP contribution < -0.4 is 11.5 Å². The highest BCUT2D eigenvalue weighted by molar-refractivity contribution is 7.85.